The van der Waals surface area contributed by atoms with Crippen molar-refractivity contribution < 1.29 is 0 Å². The highest BCUT2D eigenvalue weighted by Gasteiger charge is 2.53. The van der Waals surface area contributed by atoms with Gasteiger partial charge in [-0.15, -0.1) is 0 Å². The first-order valence-corrected chi connectivity index (χ1v) is 5.11. The van der Waals surface area contributed by atoms with Crippen LogP contribution in [0.25, 0.3) is 6.08 Å². The van der Waals surface area contributed by atoms with Crippen molar-refractivity contribution in [2.45, 2.75) is 19.9 Å². The summed E-state index contributed by atoms with van der Waals surface area (Å²) in [5, 5.41) is 0. The van der Waals surface area contributed by atoms with E-state index in [4.69, 9.17) is 5.73 Å². The highest BCUT2D eigenvalue weighted by molar-refractivity contribution is 5.50. The van der Waals surface area contributed by atoms with Crippen molar-refractivity contribution in [2.75, 3.05) is 0 Å². The molecule has 2 N–H and O–H groups in total. The second-order valence-corrected chi connectivity index (χ2v) is 4.64. The lowest BCUT2D eigenvalue weighted by atomic mass is 10.1. The zero-order valence-corrected chi connectivity index (χ0v) is 8.77. The summed E-state index contributed by atoms with van der Waals surface area (Å²) in [6, 6.07) is 10.7. The fraction of sp³-hybridized carbons (Fsp3) is 0.385. The number of nitrogens with two attached hydrogens (primary N) is 1. The van der Waals surface area contributed by atoms with E-state index >= 15 is 0 Å². The van der Waals surface area contributed by atoms with E-state index in [0.29, 0.717) is 17.4 Å². The van der Waals surface area contributed by atoms with E-state index in [9.17, 15) is 0 Å². The maximum Gasteiger partial charge on any atom is 0.0166 e. The molecular weight excluding hydrogens is 170 g/mol. The van der Waals surface area contributed by atoms with Crippen LogP contribution in [-0.4, -0.2) is 6.04 Å². The van der Waals surface area contributed by atoms with Crippen LogP contribution in [0.4, 0.5) is 0 Å². The van der Waals surface area contributed by atoms with Crippen LogP contribution in [-0.2, 0) is 0 Å². The minimum atomic E-state index is 0.297. The number of benzene rings is 1. The number of hydrogen-bond donors (Lipinski definition) is 1. The quantitative estimate of drug-likeness (QED) is 0.757. The van der Waals surface area contributed by atoms with E-state index in [0.717, 1.165) is 0 Å². The van der Waals surface area contributed by atoms with Crippen molar-refractivity contribution in [1.82, 2.24) is 0 Å². The van der Waals surface area contributed by atoms with Gasteiger partial charge in [-0.25, -0.2) is 0 Å². The van der Waals surface area contributed by atoms with Gasteiger partial charge in [-0.3, -0.25) is 0 Å². The van der Waals surface area contributed by atoms with Gasteiger partial charge in [0.05, 0.1) is 0 Å². The first-order chi connectivity index (χ1) is 6.62. The summed E-state index contributed by atoms with van der Waals surface area (Å²) in [5.41, 5.74) is 7.51. The Labute approximate surface area is 85.6 Å². The summed E-state index contributed by atoms with van der Waals surface area (Å²) in [6.07, 6.45) is 4.40. The van der Waals surface area contributed by atoms with Crippen molar-refractivity contribution in [3.63, 3.8) is 0 Å². The topological polar surface area (TPSA) is 26.0 Å². The van der Waals surface area contributed by atoms with Crippen molar-refractivity contribution in [3.8, 4) is 0 Å². The van der Waals surface area contributed by atoms with E-state index in [2.05, 4.69) is 50.3 Å². The molecule has 2 rings (SSSR count). The van der Waals surface area contributed by atoms with Crippen molar-refractivity contribution in [3.05, 3.63) is 42.0 Å². The van der Waals surface area contributed by atoms with Crippen LogP contribution in [0.15, 0.2) is 36.4 Å². The van der Waals surface area contributed by atoms with E-state index < -0.39 is 0 Å². The molecule has 1 aromatic carbocycles. The fourth-order valence-electron chi connectivity index (χ4n) is 1.86. The van der Waals surface area contributed by atoms with Crippen LogP contribution < -0.4 is 5.73 Å². The van der Waals surface area contributed by atoms with Crippen LogP contribution in [0.1, 0.15) is 19.4 Å². The Morgan fingerprint density at radius 2 is 1.79 bits per heavy atom. The van der Waals surface area contributed by atoms with Crippen LogP contribution in [0.5, 0.6) is 0 Å². The molecule has 0 heterocycles. The van der Waals surface area contributed by atoms with Gasteiger partial charge in [0.2, 0.25) is 0 Å². The lowest BCUT2D eigenvalue weighted by molar-refractivity contribution is 0.592. The molecule has 0 aliphatic heterocycles. The third-order valence-corrected chi connectivity index (χ3v) is 3.29. The SMILES string of the molecule is CC1(C)[C@H](N)[C@H]1/C=C/c1ccccc1. The normalized spacial score (nSPS) is 29.4. The van der Waals surface area contributed by atoms with E-state index in [1.165, 1.54) is 5.56 Å². The summed E-state index contributed by atoms with van der Waals surface area (Å²) >= 11 is 0. The number of hydrogen-bond acceptors (Lipinski definition) is 1. The zero-order valence-electron chi connectivity index (χ0n) is 8.77. The van der Waals surface area contributed by atoms with E-state index in [-0.39, 0.29) is 0 Å². The third kappa shape index (κ3) is 1.60. The minimum Gasteiger partial charge on any atom is -0.327 e. The van der Waals surface area contributed by atoms with Gasteiger partial charge in [0, 0.05) is 6.04 Å². The summed E-state index contributed by atoms with van der Waals surface area (Å²) in [7, 11) is 0. The van der Waals surface area contributed by atoms with E-state index in [1.54, 1.807) is 0 Å². The Morgan fingerprint density at radius 1 is 1.21 bits per heavy atom. The van der Waals surface area contributed by atoms with Gasteiger partial charge in [-0.05, 0) is 16.9 Å². The van der Waals surface area contributed by atoms with Gasteiger partial charge < -0.3 is 5.73 Å². The van der Waals surface area contributed by atoms with Gasteiger partial charge in [0.25, 0.3) is 0 Å². The lowest BCUT2D eigenvalue weighted by Gasteiger charge is -1.96. The minimum absolute atomic E-state index is 0.297. The molecule has 1 saturated carbocycles. The van der Waals surface area contributed by atoms with Gasteiger partial charge in [-0.1, -0.05) is 56.3 Å². The third-order valence-electron chi connectivity index (χ3n) is 3.29. The largest absolute Gasteiger partial charge is 0.327 e. The van der Waals surface area contributed by atoms with Gasteiger partial charge in [0.1, 0.15) is 0 Å². The Bertz CT molecular complexity index is 338. The predicted octanol–water partition coefficient (Wildman–Crippen LogP) is 2.68. The molecule has 1 aromatic rings. The smallest absolute Gasteiger partial charge is 0.0166 e. The molecule has 0 aromatic heterocycles. The average Bonchev–Trinajstić information content (AvgIpc) is 2.65. The molecule has 0 spiro atoms. The maximum atomic E-state index is 5.96. The molecule has 0 radical (unpaired) electrons. The summed E-state index contributed by atoms with van der Waals surface area (Å²) in [4.78, 5) is 0. The molecular formula is C13H17N. The van der Waals surface area contributed by atoms with Crippen LogP contribution in [0.2, 0.25) is 0 Å². The standard InChI is InChI=1S/C13H17N/c1-13(2)11(12(13)14)9-8-10-6-4-3-5-7-10/h3-9,11-12H,14H2,1-2H3/b9-8+/t11-,12-/m1/s1. The summed E-state index contributed by atoms with van der Waals surface area (Å²) in [5.74, 6) is 0.544. The molecule has 1 aliphatic carbocycles. The van der Waals surface area contributed by atoms with Gasteiger partial charge in [-0.2, -0.15) is 0 Å². The molecule has 0 amide bonds. The Kier molecular flexibility index (Phi) is 2.20. The molecule has 0 bridgehead atoms. The summed E-state index contributed by atoms with van der Waals surface area (Å²) < 4.78 is 0. The van der Waals surface area contributed by atoms with Crippen LogP contribution in [0, 0.1) is 11.3 Å². The second-order valence-electron chi connectivity index (χ2n) is 4.64. The van der Waals surface area contributed by atoms with Crippen molar-refractivity contribution in [2.24, 2.45) is 17.1 Å². The van der Waals surface area contributed by atoms with Crippen molar-refractivity contribution >= 4 is 6.08 Å². The molecule has 1 fully saturated rings. The molecule has 1 heteroatoms. The molecule has 1 aliphatic rings. The predicted molar refractivity (Wildman–Crippen MR) is 60.7 cm³/mol. The van der Waals surface area contributed by atoms with E-state index in [1.807, 2.05) is 6.07 Å². The number of rotatable bonds is 2. The fourth-order valence-corrected chi connectivity index (χ4v) is 1.86. The summed E-state index contributed by atoms with van der Waals surface area (Å²) in [6.45, 7) is 4.44. The molecule has 14 heavy (non-hydrogen) atoms. The Morgan fingerprint density at radius 3 is 2.29 bits per heavy atom. The molecule has 2 atom stereocenters. The molecule has 1 nitrogen and oxygen atoms in total. The van der Waals surface area contributed by atoms with Gasteiger partial charge >= 0.3 is 0 Å². The first kappa shape index (κ1) is 9.47. The van der Waals surface area contributed by atoms with Crippen LogP contribution in [0.3, 0.4) is 0 Å². The lowest BCUT2D eigenvalue weighted by Crippen LogP contribution is -2.06. The first-order valence-electron chi connectivity index (χ1n) is 5.11. The molecule has 74 valence electrons. The molecule has 0 saturated heterocycles. The highest BCUT2D eigenvalue weighted by Crippen LogP contribution is 2.51. The Balaban J connectivity index is 2.03. The highest BCUT2D eigenvalue weighted by atomic mass is 14.8. The second kappa shape index (κ2) is 3.25. The monoisotopic (exact) mass is 187 g/mol. The average molecular weight is 187 g/mol. The maximum absolute atomic E-state index is 5.96. The molecule has 0 unspecified atom stereocenters. The zero-order chi connectivity index (χ0) is 10.2. The Hall–Kier alpha value is -1.08. The van der Waals surface area contributed by atoms with Gasteiger partial charge in [0.15, 0.2) is 0 Å². The van der Waals surface area contributed by atoms with Crippen LogP contribution >= 0.6 is 0 Å². The van der Waals surface area contributed by atoms with Crippen molar-refractivity contribution in [1.29, 1.82) is 0 Å².